The Morgan fingerprint density at radius 1 is 1.35 bits per heavy atom. The minimum atomic E-state index is -3.32. The zero-order valence-corrected chi connectivity index (χ0v) is 12.5. The SMILES string of the molecule is CC1(NCCS(=O)(=O)c2cccc(C#N)c2)CCCC1. The number of hydrogen-bond acceptors (Lipinski definition) is 4. The maximum absolute atomic E-state index is 12.2. The molecule has 1 aliphatic rings. The molecule has 1 N–H and O–H groups in total. The lowest BCUT2D eigenvalue weighted by Gasteiger charge is -2.25. The molecule has 1 saturated carbocycles. The molecule has 5 heteroatoms. The summed E-state index contributed by atoms with van der Waals surface area (Å²) >= 11 is 0. The highest BCUT2D eigenvalue weighted by molar-refractivity contribution is 7.91. The molecule has 0 spiro atoms. The fourth-order valence-corrected chi connectivity index (χ4v) is 3.90. The second-order valence-electron chi connectivity index (χ2n) is 5.65. The first-order valence-corrected chi connectivity index (χ1v) is 8.58. The molecule has 20 heavy (non-hydrogen) atoms. The van der Waals surface area contributed by atoms with E-state index in [-0.39, 0.29) is 16.2 Å². The van der Waals surface area contributed by atoms with E-state index < -0.39 is 9.84 Å². The van der Waals surface area contributed by atoms with E-state index in [4.69, 9.17) is 5.26 Å². The van der Waals surface area contributed by atoms with Crippen LogP contribution in [0.1, 0.15) is 38.2 Å². The summed E-state index contributed by atoms with van der Waals surface area (Å²) in [6, 6.07) is 8.17. The minimum Gasteiger partial charge on any atom is -0.310 e. The third-order valence-corrected chi connectivity index (χ3v) is 5.67. The Kier molecular flexibility index (Phi) is 4.46. The molecule has 0 bridgehead atoms. The molecule has 0 unspecified atom stereocenters. The maximum Gasteiger partial charge on any atom is 0.179 e. The van der Waals surface area contributed by atoms with Gasteiger partial charge in [0, 0.05) is 12.1 Å². The quantitative estimate of drug-likeness (QED) is 0.903. The van der Waals surface area contributed by atoms with Crippen molar-refractivity contribution in [3.05, 3.63) is 29.8 Å². The summed E-state index contributed by atoms with van der Waals surface area (Å²) in [5.41, 5.74) is 0.464. The van der Waals surface area contributed by atoms with Crippen molar-refractivity contribution in [1.29, 1.82) is 5.26 Å². The van der Waals surface area contributed by atoms with Gasteiger partial charge in [-0.2, -0.15) is 5.26 Å². The van der Waals surface area contributed by atoms with Crippen LogP contribution < -0.4 is 5.32 Å². The van der Waals surface area contributed by atoms with Gasteiger partial charge in [-0.1, -0.05) is 18.9 Å². The second-order valence-corrected chi connectivity index (χ2v) is 7.76. The van der Waals surface area contributed by atoms with Gasteiger partial charge < -0.3 is 5.32 Å². The summed E-state index contributed by atoms with van der Waals surface area (Å²) < 4.78 is 24.5. The molecule has 0 atom stereocenters. The molecule has 0 aromatic heterocycles. The van der Waals surface area contributed by atoms with E-state index in [0.29, 0.717) is 12.1 Å². The van der Waals surface area contributed by atoms with Crippen LogP contribution in [0.2, 0.25) is 0 Å². The average molecular weight is 292 g/mol. The van der Waals surface area contributed by atoms with Gasteiger partial charge >= 0.3 is 0 Å². The van der Waals surface area contributed by atoms with Crippen molar-refractivity contribution in [2.45, 2.75) is 43.0 Å². The van der Waals surface area contributed by atoms with Crippen molar-refractivity contribution < 1.29 is 8.42 Å². The molecule has 4 nitrogen and oxygen atoms in total. The molecule has 1 aromatic rings. The summed E-state index contributed by atoms with van der Waals surface area (Å²) in [5, 5.41) is 12.2. The number of benzene rings is 1. The van der Waals surface area contributed by atoms with E-state index in [0.717, 1.165) is 12.8 Å². The number of nitriles is 1. The monoisotopic (exact) mass is 292 g/mol. The lowest BCUT2D eigenvalue weighted by atomic mass is 10.0. The van der Waals surface area contributed by atoms with Crippen molar-refractivity contribution >= 4 is 9.84 Å². The van der Waals surface area contributed by atoms with E-state index in [1.807, 2.05) is 6.07 Å². The van der Waals surface area contributed by atoms with Crippen molar-refractivity contribution in [1.82, 2.24) is 5.32 Å². The van der Waals surface area contributed by atoms with Crippen LogP contribution in [-0.2, 0) is 9.84 Å². The molecule has 0 heterocycles. The summed E-state index contributed by atoms with van der Waals surface area (Å²) in [7, 11) is -3.32. The van der Waals surface area contributed by atoms with E-state index >= 15 is 0 Å². The highest BCUT2D eigenvalue weighted by Gasteiger charge is 2.28. The third kappa shape index (κ3) is 3.59. The van der Waals surface area contributed by atoms with Crippen molar-refractivity contribution in [2.24, 2.45) is 0 Å². The van der Waals surface area contributed by atoms with Gasteiger partial charge in [0.15, 0.2) is 9.84 Å². The minimum absolute atomic E-state index is 0.0669. The van der Waals surface area contributed by atoms with Crippen LogP contribution >= 0.6 is 0 Å². The summed E-state index contributed by atoms with van der Waals surface area (Å²) in [6.07, 6.45) is 4.63. The van der Waals surface area contributed by atoms with Crippen LogP contribution in [0, 0.1) is 11.3 Å². The Morgan fingerprint density at radius 2 is 2.05 bits per heavy atom. The highest BCUT2D eigenvalue weighted by atomic mass is 32.2. The predicted molar refractivity (Wildman–Crippen MR) is 78.1 cm³/mol. The number of hydrogen-bond donors (Lipinski definition) is 1. The number of sulfone groups is 1. The second kappa shape index (κ2) is 5.94. The fourth-order valence-electron chi connectivity index (χ4n) is 2.70. The van der Waals surface area contributed by atoms with Gasteiger partial charge in [-0.25, -0.2) is 8.42 Å². The lowest BCUT2D eigenvalue weighted by molar-refractivity contribution is 0.375. The maximum atomic E-state index is 12.2. The first-order chi connectivity index (χ1) is 9.45. The Labute approximate surface area is 120 Å². The summed E-state index contributed by atoms with van der Waals surface area (Å²) in [4.78, 5) is 0.231. The molecule has 0 amide bonds. The largest absolute Gasteiger partial charge is 0.310 e. The predicted octanol–water partition coefficient (Wildman–Crippen LogP) is 2.25. The van der Waals surface area contributed by atoms with Gasteiger partial charge in [0.2, 0.25) is 0 Å². The molecule has 2 rings (SSSR count). The Hall–Kier alpha value is -1.38. The zero-order chi connectivity index (χ0) is 14.6. The van der Waals surface area contributed by atoms with Gasteiger partial charge in [0.25, 0.3) is 0 Å². The topological polar surface area (TPSA) is 70.0 Å². The molecule has 0 saturated heterocycles. The molecule has 1 fully saturated rings. The Bertz CT molecular complexity index is 611. The Balaban J connectivity index is 1.99. The van der Waals surface area contributed by atoms with Crippen LogP contribution in [-0.4, -0.2) is 26.3 Å². The van der Waals surface area contributed by atoms with Gasteiger partial charge in [0.05, 0.1) is 22.3 Å². The van der Waals surface area contributed by atoms with Gasteiger partial charge in [-0.15, -0.1) is 0 Å². The molecule has 1 aliphatic carbocycles. The van der Waals surface area contributed by atoms with E-state index in [2.05, 4.69) is 12.2 Å². The number of nitrogens with one attached hydrogen (secondary N) is 1. The molecule has 108 valence electrons. The number of nitrogens with zero attached hydrogens (tertiary/aromatic N) is 1. The first-order valence-electron chi connectivity index (χ1n) is 6.93. The zero-order valence-electron chi connectivity index (χ0n) is 11.7. The smallest absolute Gasteiger partial charge is 0.179 e. The van der Waals surface area contributed by atoms with Crippen LogP contribution in [0.25, 0.3) is 0 Å². The van der Waals surface area contributed by atoms with Crippen LogP contribution in [0.4, 0.5) is 0 Å². The standard InChI is InChI=1S/C15H20N2O2S/c1-15(7-2-3-8-15)17-9-10-20(18,19)14-6-4-5-13(11-14)12-16/h4-6,11,17H,2-3,7-10H2,1H3. The van der Waals surface area contributed by atoms with Gasteiger partial charge in [0.1, 0.15) is 0 Å². The van der Waals surface area contributed by atoms with Crippen LogP contribution in [0.3, 0.4) is 0 Å². The third-order valence-electron chi connectivity index (χ3n) is 3.95. The van der Waals surface area contributed by atoms with Crippen molar-refractivity contribution in [3.63, 3.8) is 0 Å². The van der Waals surface area contributed by atoms with Crippen molar-refractivity contribution in [2.75, 3.05) is 12.3 Å². The normalized spacial score (nSPS) is 17.8. The molecule has 0 aliphatic heterocycles. The van der Waals surface area contributed by atoms with Crippen LogP contribution in [0.5, 0.6) is 0 Å². The molecular weight excluding hydrogens is 272 g/mol. The van der Waals surface area contributed by atoms with E-state index in [1.54, 1.807) is 18.2 Å². The van der Waals surface area contributed by atoms with E-state index in [1.165, 1.54) is 18.9 Å². The summed E-state index contributed by atoms with van der Waals surface area (Å²) in [5.74, 6) is 0.0669. The van der Waals surface area contributed by atoms with Crippen molar-refractivity contribution in [3.8, 4) is 6.07 Å². The van der Waals surface area contributed by atoms with Crippen LogP contribution in [0.15, 0.2) is 29.2 Å². The fraction of sp³-hybridized carbons (Fsp3) is 0.533. The first kappa shape index (κ1) is 15.0. The lowest BCUT2D eigenvalue weighted by Crippen LogP contribution is -2.41. The molecule has 1 aromatic carbocycles. The van der Waals surface area contributed by atoms with Gasteiger partial charge in [-0.3, -0.25) is 0 Å². The Morgan fingerprint density at radius 3 is 2.70 bits per heavy atom. The molecular formula is C15H20N2O2S. The highest BCUT2D eigenvalue weighted by Crippen LogP contribution is 2.28. The van der Waals surface area contributed by atoms with E-state index in [9.17, 15) is 8.42 Å². The summed E-state index contributed by atoms with van der Waals surface area (Å²) in [6.45, 7) is 2.61. The average Bonchev–Trinajstić information content (AvgIpc) is 2.85. The van der Waals surface area contributed by atoms with Gasteiger partial charge in [-0.05, 0) is 38.0 Å². The number of rotatable bonds is 5. The molecule has 0 radical (unpaired) electrons.